The molecule has 0 amide bonds. The van der Waals surface area contributed by atoms with Crippen LogP contribution < -0.4 is 5.32 Å². The summed E-state index contributed by atoms with van der Waals surface area (Å²) in [4.78, 5) is 4.16. The first-order valence-electron chi connectivity index (χ1n) is 6.15. The quantitative estimate of drug-likeness (QED) is 0.854. The Hall–Kier alpha value is -1.77. The summed E-state index contributed by atoms with van der Waals surface area (Å²) >= 11 is 0. The van der Waals surface area contributed by atoms with Crippen molar-refractivity contribution in [2.45, 2.75) is 33.4 Å². The van der Waals surface area contributed by atoms with E-state index in [4.69, 9.17) is 0 Å². The second-order valence-electron chi connectivity index (χ2n) is 4.08. The van der Waals surface area contributed by atoms with E-state index in [1.54, 1.807) is 0 Å². The van der Waals surface area contributed by atoms with Crippen molar-refractivity contribution in [2.75, 3.05) is 5.32 Å². The van der Waals surface area contributed by atoms with Crippen molar-refractivity contribution >= 4 is 5.69 Å². The van der Waals surface area contributed by atoms with Crippen LogP contribution in [0.5, 0.6) is 0 Å². The molecular formula is C14H19N3. The lowest BCUT2D eigenvalue weighted by Gasteiger charge is -2.08. The van der Waals surface area contributed by atoms with Crippen LogP contribution in [0.4, 0.5) is 5.69 Å². The van der Waals surface area contributed by atoms with Crippen LogP contribution in [0.2, 0.25) is 0 Å². The van der Waals surface area contributed by atoms with E-state index in [2.05, 4.69) is 53.0 Å². The van der Waals surface area contributed by atoms with E-state index in [0.29, 0.717) is 0 Å². The highest BCUT2D eigenvalue weighted by atomic mass is 15.1. The monoisotopic (exact) mass is 229 g/mol. The van der Waals surface area contributed by atoms with E-state index in [9.17, 15) is 0 Å². The zero-order valence-corrected chi connectivity index (χ0v) is 10.5. The van der Waals surface area contributed by atoms with Gasteiger partial charge in [0.25, 0.3) is 0 Å². The third-order valence-electron chi connectivity index (χ3n) is 2.98. The van der Waals surface area contributed by atoms with Crippen LogP contribution in [0, 0.1) is 0 Å². The minimum absolute atomic E-state index is 0.819. The third-order valence-corrected chi connectivity index (χ3v) is 2.98. The Morgan fingerprint density at radius 3 is 2.59 bits per heavy atom. The van der Waals surface area contributed by atoms with Crippen molar-refractivity contribution in [2.24, 2.45) is 0 Å². The maximum atomic E-state index is 4.16. The summed E-state index contributed by atoms with van der Waals surface area (Å²) in [7, 11) is 0. The summed E-state index contributed by atoms with van der Waals surface area (Å²) in [5.41, 5.74) is 3.74. The maximum absolute atomic E-state index is 4.16. The molecule has 2 rings (SSSR count). The lowest BCUT2D eigenvalue weighted by molar-refractivity contribution is 0.719. The minimum Gasteiger partial charge on any atom is -0.379 e. The molecule has 1 N–H and O–H groups in total. The summed E-state index contributed by atoms with van der Waals surface area (Å²) in [6.45, 7) is 6.08. The van der Waals surface area contributed by atoms with Crippen molar-refractivity contribution in [3.8, 4) is 0 Å². The maximum Gasteiger partial charge on any atom is 0.0948 e. The first-order valence-corrected chi connectivity index (χ1v) is 6.15. The smallest absolute Gasteiger partial charge is 0.0948 e. The molecule has 3 heteroatoms. The highest BCUT2D eigenvalue weighted by Crippen LogP contribution is 2.11. The third kappa shape index (κ3) is 2.87. The molecule has 90 valence electrons. The molecule has 0 aliphatic carbocycles. The van der Waals surface area contributed by atoms with Crippen molar-refractivity contribution < 1.29 is 0 Å². The van der Waals surface area contributed by atoms with E-state index in [1.807, 2.05) is 12.5 Å². The van der Waals surface area contributed by atoms with Gasteiger partial charge in [0.2, 0.25) is 0 Å². The van der Waals surface area contributed by atoms with E-state index < -0.39 is 0 Å². The number of aromatic nitrogens is 2. The van der Waals surface area contributed by atoms with Gasteiger partial charge in [-0.1, -0.05) is 19.1 Å². The molecular weight excluding hydrogens is 210 g/mol. The van der Waals surface area contributed by atoms with Gasteiger partial charge in [0.05, 0.1) is 18.6 Å². The Kier molecular flexibility index (Phi) is 3.81. The van der Waals surface area contributed by atoms with Gasteiger partial charge in [-0.2, -0.15) is 0 Å². The average molecular weight is 229 g/mol. The number of nitrogens with one attached hydrogen (secondary N) is 1. The number of aryl methyl sites for hydroxylation is 2. The largest absolute Gasteiger partial charge is 0.379 e. The molecule has 0 saturated carbocycles. The van der Waals surface area contributed by atoms with Gasteiger partial charge in [0.1, 0.15) is 0 Å². The van der Waals surface area contributed by atoms with Crippen LogP contribution in [0.1, 0.15) is 25.1 Å². The van der Waals surface area contributed by atoms with Crippen LogP contribution in [0.15, 0.2) is 36.8 Å². The van der Waals surface area contributed by atoms with Gasteiger partial charge in [0, 0.05) is 18.4 Å². The molecule has 3 nitrogen and oxygen atoms in total. The number of anilines is 1. The standard InChI is InChI=1S/C14H19N3/c1-3-12-5-7-13(8-6-12)16-10-14-9-15-11-17(14)4-2/h5-9,11,16H,3-4,10H2,1-2H3. The van der Waals surface area contributed by atoms with Gasteiger partial charge in [-0.3, -0.25) is 0 Å². The fourth-order valence-corrected chi connectivity index (χ4v) is 1.83. The van der Waals surface area contributed by atoms with E-state index >= 15 is 0 Å². The zero-order chi connectivity index (χ0) is 12.1. The highest BCUT2D eigenvalue weighted by Gasteiger charge is 1.99. The Balaban J connectivity index is 1.97. The fourth-order valence-electron chi connectivity index (χ4n) is 1.83. The first-order chi connectivity index (χ1) is 8.33. The molecule has 0 aliphatic heterocycles. The lowest BCUT2D eigenvalue weighted by atomic mass is 10.1. The Bertz CT molecular complexity index is 457. The molecule has 0 spiro atoms. The molecule has 1 aromatic heterocycles. The average Bonchev–Trinajstić information content (AvgIpc) is 2.84. The molecule has 17 heavy (non-hydrogen) atoms. The number of hydrogen-bond donors (Lipinski definition) is 1. The lowest BCUT2D eigenvalue weighted by Crippen LogP contribution is -2.05. The van der Waals surface area contributed by atoms with Crippen LogP contribution in [0.25, 0.3) is 0 Å². The van der Waals surface area contributed by atoms with Crippen molar-refractivity contribution in [1.29, 1.82) is 0 Å². The fraction of sp³-hybridized carbons (Fsp3) is 0.357. The summed E-state index contributed by atoms with van der Waals surface area (Å²) in [5.74, 6) is 0. The SMILES string of the molecule is CCc1ccc(NCc2cncn2CC)cc1. The van der Waals surface area contributed by atoms with Crippen molar-refractivity contribution in [3.63, 3.8) is 0 Å². The van der Waals surface area contributed by atoms with Gasteiger partial charge in [-0.15, -0.1) is 0 Å². The Morgan fingerprint density at radius 2 is 1.94 bits per heavy atom. The molecule has 2 aromatic rings. The van der Waals surface area contributed by atoms with Crippen LogP contribution in [-0.4, -0.2) is 9.55 Å². The van der Waals surface area contributed by atoms with Gasteiger partial charge in [0.15, 0.2) is 0 Å². The predicted molar refractivity (Wildman–Crippen MR) is 71.0 cm³/mol. The van der Waals surface area contributed by atoms with Crippen molar-refractivity contribution in [1.82, 2.24) is 9.55 Å². The normalized spacial score (nSPS) is 10.5. The second kappa shape index (κ2) is 5.53. The zero-order valence-electron chi connectivity index (χ0n) is 10.5. The van der Waals surface area contributed by atoms with Gasteiger partial charge in [-0.25, -0.2) is 4.98 Å². The summed E-state index contributed by atoms with van der Waals surface area (Å²) in [6.07, 6.45) is 4.87. The number of rotatable bonds is 5. The Labute approximate surface area is 103 Å². The van der Waals surface area contributed by atoms with Crippen LogP contribution >= 0.6 is 0 Å². The summed E-state index contributed by atoms with van der Waals surface area (Å²) < 4.78 is 2.15. The minimum atomic E-state index is 0.819. The van der Waals surface area contributed by atoms with Gasteiger partial charge in [-0.05, 0) is 31.0 Å². The number of nitrogens with zero attached hydrogens (tertiary/aromatic N) is 2. The molecule has 0 saturated heterocycles. The molecule has 0 radical (unpaired) electrons. The molecule has 0 aliphatic rings. The number of benzene rings is 1. The van der Waals surface area contributed by atoms with Gasteiger partial charge < -0.3 is 9.88 Å². The predicted octanol–water partition coefficient (Wildman–Crippen LogP) is 3.08. The topological polar surface area (TPSA) is 29.9 Å². The number of hydrogen-bond acceptors (Lipinski definition) is 2. The molecule has 0 bridgehead atoms. The number of imidazole rings is 1. The van der Waals surface area contributed by atoms with Gasteiger partial charge >= 0.3 is 0 Å². The van der Waals surface area contributed by atoms with E-state index in [1.165, 1.54) is 11.3 Å². The van der Waals surface area contributed by atoms with E-state index in [-0.39, 0.29) is 0 Å². The Morgan fingerprint density at radius 1 is 1.18 bits per heavy atom. The molecule has 0 atom stereocenters. The molecule has 0 unspecified atom stereocenters. The highest BCUT2D eigenvalue weighted by molar-refractivity contribution is 5.44. The van der Waals surface area contributed by atoms with Crippen LogP contribution in [0.3, 0.4) is 0 Å². The molecule has 1 heterocycles. The van der Waals surface area contributed by atoms with Crippen LogP contribution in [-0.2, 0) is 19.5 Å². The van der Waals surface area contributed by atoms with E-state index in [0.717, 1.165) is 25.2 Å². The van der Waals surface area contributed by atoms with Crippen molar-refractivity contribution in [3.05, 3.63) is 48.0 Å². The second-order valence-corrected chi connectivity index (χ2v) is 4.08. The molecule has 0 fully saturated rings. The molecule has 1 aromatic carbocycles. The first kappa shape index (κ1) is 11.7. The summed E-state index contributed by atoms with van der Waals surface area (Å²) in [5, 5.41) is 3.41. The summed E-state index contributed by atoms with van der Waals surface area (Å²) in [6, 6.07) is 8.59.